The lowest BCUT2D eigenvalue weighted by atomic mass is 9.30. The van der Waals surface area contributed by atoms with Gasteiger partial charge < -0.3 is 28.4 Å². The Balaban J connectivity index is 1.01. The number of para-hydroxylation sites is 8. The minimum absolute atomic E-state index is 0.194. The lowest BCUT2D eigenvalue weighted by molar-refractivity contribution is 0.668. The van der Waals surface area contributed by atoms with Crippen molar-refractivity contribution in [2.75, 3.05) is 19.6 Å². The fourth-order valence-corrected chi connectivity index (χ4v) is 15.2. The number of fused-ring (bicyclic) bond motifs is 16. The van der Waals surface area contributed by atoms with Crippen LogP contribution in [0.1, 0.15) is 0 Å². The second-order valence-electron chi connectivity index (χ2n) is 23.0. The number of nitrogens with zero attached hydrogens (tertiary/aromatic N) is 4. The molecule has 0 bridgehead atoms. The predicted molar refractivity (Wildman–Crippen MR) is 360 cm³/mol. The van der Waals surface area contributed by atoms with Crippen molar-refractivity contribution in [3.63, 3.8) is 0 Å². The molecule has 4 aliphatic rings. The monoisotopic (exact) mass is 1090 g/mol. The highest BCUT2D eigenvalue weighted by atomic mass is 16.3. The van der Waals surface area contributed by atoms with Gasteiger partial charge >= 0.3 is 0 Å². The van der Waals surface area contributed by atoms with Crippen molar-refractivity contribution >= 4 is 158 Å². The van der Waals surface area contributed by atoms with Crippen LogP contribution in [0.15, 0.2) is 300 Å². The van der Waals surface area contributed by atoms with Crippen LogP contribution in [0, 0.1) is 0 Å². The van der Waals surface area contributed by atoms with Crippen molar-refractivity contribution < 1.29 is 8.83 Å². The van der Waals surface area contributed by atoms with Crippen molar-refractivity contribution in [2.24, 2.45) is 0 Å². The summed E-state index contributed by atoms with van der Waals surface area (Å²) >= 11 is 0. The highest BCUT2D eigenvalue weighted by molar-refractivity contribution is 7.03. The average Bonchev–Trinajstić information content (AvgIpc) is 1.05. The van der Waals surface area contributed by atoms with Gasteiger partial charge in [0.1, 0.15) is 22.3 Å². The molecule has 0 saturated carbocycles. The highest BCUT2D eigenvalue weighted by Gasteiger charge is 2.50. The molecule has 13 aromatic carbocycles. The molecule has 6 nitrogen and oxygen atoms in total. The molecule has 2 aromatic heterocycles. The van der Waals surface area contributed by atoms with E-state index in [0.29, 0.717) is 0 Å². The first kappa shape index (κ1) is 47.3. The molecule has 15 aromatic rings. The van der Waals surface area contributed by atoms with Gasteiger partial charge in [-0.3, -0.25) is 0 Å². The van der Waals surface area contributed by atoms with Crippen molar-refractivity contribution in [2.45, 2.75) is 0 Å². The maximum atomic E-state index is 7.20. The standard InChI is InChI=1S/C78H48B2N4O2/c1-6-25-49(26-7-1)54-37-24-38-55(50-27-8-2-9-28-50)76(54)84-65-46-64-60(45-61(65)80-59-40-19-21-42-63(59)83(53-33-14-5-15-34-53)78-73-57-36-17-23-44-69(57)86-71(73)48-67(84)75(78)80)79-58-39-18-20-41-62(58)82(52-31-12-4-13-32-52)77-72-56-35-16-22-43-68(56)85-70(72)47-66(74(77)79)81(64)51-29-10-3-11-30-51/h1-48H. The summed E-state index contributed by atoms with van der Waals surface area (Å²) in [5.41, 5.74) is 28.5. The molecule has 0 saturated heterocycles. The molecular formula is C78H48B2N4O2. The Morgan fingerprint density at radius 2 is 0.628 bits per heavy atom. The number of benzene rings is 13. The number of furan rings is 2. The van der Waals surface area contributed by atoms with Gasteiger partial charge in [-0.25, -0.2) is 0 Å². The lowest BCUT2D eigenvalue weighted by Gasteiger charge is -2.47. The molecule has 86 heavy (non-hydrogen) atoms. The van der Waals surface area contributed by atoms with Gasteiger partial charge in [-0.05, 0) is 111 Å². The van der Waals surface area contributed by atoms with Gasteiger partial charge in [-0.15, -0.1) is 0 Å². The summed E-state index contributed by atoms with van der Waals surface area (Å²) in [6.45, 7) is -0.416. The van der Waals surface area contributed by atoms with E-state index in [9.17, 15) is 0 Å². The van der Waals surface area contributed by atoms with Crippen LogP contribution < -0.4 is 52.4 Å². The summed E-state index contributed by atoms with van der Waals surface area (Å²) in [4.78, 5) is 10.2. The summed E-state index contributed by atoms with van der Waals surface area (Å²) in [5.74, 6) is 0. The third kappa shape index (κ3) is 6.58. The molecule has 0 atom stereocenters. The van der Waals surface area contributed by atoms with Gasteiger partial charge in [0.15, 0.2) is 0 Å². The van der Waals surface area contributed by atoms with Gasteiger partial charge in [0.2, 0.25) is 0 Å². The van der Waals surface area contributed by atoms with Crippen molar-refractivity contribution in [1.82, 2.24) is 0 Å². The Labute approximate surface area is 497 Å². The average molecular weight is 1090 g/mol. The van der Waals surface area contributed by atoms with Crippen molar-refractivity contribution in [3.05, 3.63) is 291 Å². The quantitative estimate of drug-likeness (QED) is 0.155. The maximum Gasteiger partial charge on any atom is 0.252 e. The zero-order valence-corrected chi connectivity index (χ0v) is 46.5. The molecule has 6 heterocycles. The largest absolute Gasteiger partial charge is 0.456 e. The van der Waals surface area contributed by atoms with Gasteiger partial charge in [0, 0.05) is 85.2 Å². The Morgan fingerprint density at radius 1 is 0.244 bits per heavy atom. The van der Waals surface area contributed by atoms with E-state index in [1.165, 1.54) is 32.8 Å². The molecule has 4 aliphatic heterocycles. The molecule has 0 amide bonds. The Hall–Kier alpha value is -11.2. The Kier molecular flexibility index (Phi) is 9.98. The van der Waals surface area contributed by atoms with Gasteiger partial charge in [-0.2, -0.15) is 0 Å². The molecule has 0 aliphatic carbocycles. The van der Waals surface area contributed by atoms with E-state index in [4.69, 9.17) is 8.83 Å². The van der Waals surface area contributed by atoms with Gasteiger partial charge in [-0.1, -0.05) is 212 Å². The second-order valence-corrected chi connectivity index (χ2v) is 23.0. The van der Waals surface area contributed by atoms with Crippen LogP contribution in [-0.4, -0.2) is 13.4 Å². The van der Waals surface area contributed by atoms with Crippen LogP contribution in [0.4, 0.5) is 68.2 Å². The maximum absolute atomic E-state index is 7.20. The van der Waals surface area contributed by atoms with Crippen molar-refractivity contribution in [1.29, 1.82) is 0 Å². The molecule has 0 unspecified atom stereocenters. The summed E-state index contributed by atoms with van der Waals surface area (Å²) < 4.78 is 14.3. The summed E-state index contributed by atoms with van der Waals surface area (Å²) in [7, 11) is 0. The third-order valence-corrected chi connectivity index (χ3v) is 18.6. The van der Waals surface area contributed by atoms with E-state index in [1.807, 2.05) is 0 Å². The van der Waals surface area contributed by atoms with Crippen LogP contribution in [0.2, 0.25) is 0 Å². The molecule has 0 fully saturated rings. The normalized spacial score (nSPS) is 13.4. The minimum Gasteiger partial charge on any atom is -0.456 e. The summed E-state index contributed by atoms with van der Waals surface area (Å²) in [6.07, 6.45) is 0. The zero-order valence-electron chi connectivity index (χ0n) is 46.5. The Morgan fingerprint density at radius 3 is 1.10 bits per heavy atom. The molecule has 398 valence electrons. The highest BCUT2D eigenvalue weighted by Crippen LogP contribution is 2.55. The number of hydrogen-bond acceptors (Lipinski definition) is 6. The molecular weight excluding hydrogens is 1050 g/mol. The smallest absolute Gasteiger partial charge is 0.252 e. The van der Waals surface area contributed by atoms with Crippen LogP contribution >= 0.6 is 0 Å². The SMILES string of the molecule is c1ccc(-c2cccc(-c3ccccc3)c2N2c3cc4c(cc3B3c5ccccc5N(c5ccccc5)c5c3c2cc2oc3ccccc3c52)B2c3ccccc3N(c3ccccc3)c3c2c(cc2oc5ccccc5c32)N4c2ccccc2)cc1. The predicted octanol–water partition coefficient (Wildman–Crippen LogP) is 17.0. The third-order valence-electron chi connectivity index (χ3n) is 18.6. The molecule has 0 spiro atoms. The number of anilines is 12. The van der Waals surface area contributed by atoms with E-state index in [2.05, 4.69) is 311 Å². The number of hydrogen-bond donors (Lipinski definition) is 0. The summed E-state index contributed by atoms with van der Waals surface area (Å²) in [6, 6.07) is 107. The minimum atomic E-state index is -0.221. The van der Waals surface area contributed by atoms with Crippen LogP contribution in [-0.2, 0) is 0 Å². The van der Waals surface area contributed by atoms with Gasteiger partial charge in [0.25, 0.3) is 13.4 Å². The van der Waals surface area contributed by atoms with E-state index in [-0.39, 0.29) is 13.4 Å². The fraction of sp³-hybridized carbons (Fsp3) is 0. The zero-order chi connectivity index (χ0) is 56.1. The molecule has 0 N–H and O–H groups in total. The van der Waals surface area contributed by atoms with E-state index < -0.39 is 0 Å². The molecule has 0 radical (unpaired) electrons. The van der Waals surface area contributed by atoms with Gasteiger partial charge in [0.05, 0.1) is 27.8 Å². The lowest BCUT2D eigenvalue weighted by Crippen LogP contribution is -2.65. The first-order chi connectivity index (χ1) is 42.7. The topological polar surface area (TPSA) is 39.2 Å². The van der Waals surface area contributed by atoms with E-state index in [0.717, 1.165) is 134 Å². The molecule has 8 heteroatoms. The van der Waals surface area contributed by atoms with Crippen molar-refractivity contribution in [3.8, 4) is 22.3 Å². The van der Waals surface area contributed by atoms with Crippen LogP contribution in [0.25, 0.3) is 66.1 Å². The van der Waals surface area contributed by atoms with E-state index >= 15 is 0 Å². The first-order valence-corrected chi connectivity index (χ1v) is 29.6. The number of rotatable bonds is 6. The second kappa shape index (κ2) is 18.1. The Bertz CT molecular complexity index is 5230. The van der Waals surface area contributed by atoms with Crippen LogP contribution in [0.5, 0.6) is 0 Å². The summed E-state index contributed by atoms with van der Waals surface area (Å²) in [5, 5.41) is 4.37. The molecule has 19 rings (SSSR count). The fourth-order valence-electron chi connectivity index (χ4n) is 15.2. The van der Waals surface area contributed by atoms with E-state index in [1.54, 1.807) is 0 Å². The first-order valence-electron chi connectivity index (χ1n) is 29.6. The van der Waals surface area contributed by atoms with Crippen LogP contribution in [0.3, 0.4) is 0 Å².